The minimum atomic E-state index is -0.190. The SMILES string of the molecule is C[C@H](Sc1ncnc2nc[nH]c12)C(=O)NCC1CCCCC1. The maximum absolute atomic E-state index is 12.3. The molecule has 0 aliphatic heterocycles. The van der Waals surface area contributed by atoms with Crippen LogP contribution < -0.4 is 5.32 Å². The lowest BCUT2D eigenvalue weighted by molar-refractivity contribution is -0.120. The zero-order chi connectivity index (χ0) is 15.4. The summed E-state index contributed by atoms with van der Waals surface area (Å²) < 4.78 is 0. The van der Waals surface area contributed by atoms with Gasteiger partial charge in [-0.25, -0.2) is 15.0 Å². The highest BCUT2D eigenvalue weighted by molar-refractivity contribution is 8.00. The molecule has 2 aromatic rings. The first-order chi connectivity index (χ1) is 10.7. The molecule has 1 fully saturated rings. The molecule has 0 saturated heterocycles. The smallest absolute Gasteiger partial charge is 0.233 e. The van der Waals surface area contributed by atoms with E-state index in [1.165, 1.54) is 50.2 Å². The van der Waals surface area contributed by atoms with E-state index >= 15 is 0 Å². The van der Waals surface area contributed by atoms with Crippen LogP contribution in [0.5, 0.6) is 0 Å². The van der Waals surface area contributed by atoms with Crippen molar-refractivity contribution in [1.82, 2.24) is 25.3 Å². The fourth-order valence-corrected chi connectivity index (χ4v) is 3.73. The average Bonchev–Trinajstić information content (AvgIpc) is 3.03. The molecular formula is C15H21N5OS. The zero-order valence-electron chi connectivity index (χ0n) is 12.7. The van der Waals surface area contributed by atoms with Crippen LogP contribution in [-0.2, 0) is 4.79 Å². The highest BCUT2D eigenvalue weighted by atomic mass is 32.2. The Morgan fingerprint density at radius 3 is 3.00 bits per heavy atom. The normalized spacial score (nSPS) is 17.5. The van der Waals surface area contributed by atoms with Gasteiger partial charge in [-0.2, -0.15) is 0 Å². The molecule has 0 radical (unpaired) electrons. The number of amides is 1. The van der Waals surface area contributed by atoms with E-state index < -0.39 is 0 Å². The predicted molar refractivity (Wildman–Crippen MR) is 86.6 cm³/mol. The number of thioether (sulfide) groups is 1. The van der Waals surface area contributed by atoms with Crippen molar-refractivity contribution in [2.24, 2.45) is 5.92 Å². The molecule has 1 saturated carbocycles. The van der Waals surface area contributed by atoms with Crippen LogP contribution in [0.2, 0.25) is 0 Å². The van der Waals surface area contributed by atoms with E-state index in [0.717, 1.165) is 17.1 Å². The summed E-state index contributed by atoms with van der Waals surface area (Å²) in [6.07, 6.45) is 9.48. The number of H-pyrrole nitrogens is 1. The van der Waals surface area contributed by atoms with Crippen molar-refractivity contribution in [2.75, 3.05) is 6.54 Å². The Morgan fingerprint density at radius 2 is 2.18 bits per heavy atom. The summed E-state index contributed by atoms with van der Waals surface area (Å²) in [5.74, 6) is 0.718. The zero-order valence-corrected chi connectivity index (χ0v) is 13.5. The molecule has 0 bridgehead atoms. The quantitative estimate of drug-likeness (QED) is 0.653. The number of imidazole rings is 1. The highest BCUT2D eigenvalue weighted by Crippen LogP contribution is 2.26. The van der Waals surface area contributed by atoms with Crippen LogP contribution in [0, 0.1) is 5.92 Å². The van der Waals surface area contributed by atoms with Crippen molar-refractivity contribution in [2.45, 2.75) is 49.3 Å². The van der Waals surface area contributed by atoms with Crippen molar-refractivity contribution in [3.8, 4) is 0 Å². The fraction of sp³-hybridized carbons (Fsp3) is 0.600. The number of hydrogen-bond acceptors (Lipinski definition) is 5. The Bertz CT molecular complexity index is 638. The first-order valence-electron chi connectivity index (χ1n) is 7.82. The highest BCUT2D eigenvalue weighted by Gasteiger charge is 2.19. The van der Waals surface area contributed by atoms with Gasteiger partial charge in [0.25, 0.3) is 0 Å². The minimum absolute atomic E-state index is 0.0712. The van der Waals surface area contributed by atoms with Crippen LogP contribution in [-0.4, -0.2) is 37.6 Å². The van der Waals surface area contributed by atoms with Crippen molar-refractivity contribution < 1.29 is 4.79 Å². The van der Waals surface area contributed by atoms with Crippen molar-refractivity contribution in [3.63, 3.8) is 0 Å². The lowest BCUT2D eigenvalue weighted by Crippen LogP contribution is -2.35. The van der Waals surface area contributed by atoms with Gasteiger partial charge in [0.1, 0.15) is 16.9 Å². The second-order valence-corrected chi connectivity index (χ2v) is 7.12. The van der Waals surface area contributed by atoms with E-state index in [0.29, 0.717) is 11.6 Å². The van der Waals surface area contributed by atoms with E-state index in [-0.39, 0.29) is 11.2 Å². The number of nitrogens with zero attached hydrogens (tertiary/aromatic N) is 3. The third kappa shape index (κ3) is 3.58. The molecule has 1 aliphatic rings. The molecule has 6 nitrogen and oxygen atoms in total. The fourth-order valence-electron chi connectivity index (χ4n) is 2.83. The van der Waals surface area contributed by atoms with Gasteiger partial charge < -0.3 is 10.3 Å². The van der Waals surface area contributed by atoms with Crippen LogP contribution >= 0.6 is 11.8 Å². The second-order valence-electron chi connectivity index (χ2n) is 5.79. The summed E-state index contributed by atoms with van der Waals surface area (Å²) in [6, 6.07) is 0. The number of hydrogen-bond donors (Lipinski definition) is 2. The van der Waals surface area contributed by atoms with Crippen LogP contribution in [0.25, 0.3) is 11.2 Å². The van der Waals surface area contributed by atoms with E-state index in [4.69, 9.17) is 0 Å². The van der Waals surface area contributed by atoms with E-state index in [9.17, 15) is 4.79 Å². The Hall–Kier alpha value is -1.63. The summed E-state index contributed by atoms with van der Waals surface area (Å²) >= 11 is 1.44. The Morgan fingerprint density at radius 1 is 1.36 bits per heavy atom. The molecule has 22 heavy (non-hydrogen) atoms. The topological polar surface area (TPSA) is 83.6 Å². The van der Waals surface area contributed by atoms with Crippen molar-refractivity contribution in [3.05, 3.63) is 12.7 Å². The summed E-state index contributed by atoms with van der Waals surface area (Å²) in [4.78, 5) is 27.7. The lowest BCUT2D eigenvalue weighted by atomic mass is 9.89. The summed E-state index contributed by atoms with van der Waals surface area (Å²) in [7, 11) is 0. The van der Waals surface area contributed by atoms with Crippen LogP contribution in [0.15, 0.2) is 17.7 Å². The van der Waals surface area contributed by atoms with E-state index in [1.807, 2.05) is 6.92 Å². The molecule has 0 spiro atoms. The number of rotatable bonds is 5. The monoisotopic (exact) mass is 319 g/mol. The van der Waals surface area contributed by atoms with Gasteiger partial charge in [-0.3, -0.25) is 4.79 Å². The number of nitrogens with one attached hydrogen (secondary N) is 2. The first kappa shape index (κ1) is 15.3. The minimum Gasteiger partial charge on any atom is -0.355 e. The predicted octanol–water partition coefficient (Wildman–Crippen LogP) is 2.53. The Kier molecular flexibility index (Phi) is 4.92. The molecule has 0 aromatic carbocycles. The van der Waals surface area contributed by atoms with Gasteiger partial charge in [-0.05, 0) is 25.7 Å². The number of carbonyl (C=O) groups is 1. The van der Waals surface area contributed by atoms with Gasteiger partial charge in [0.2, 0.25) is 5.91 Å². The molecule has 2 N–H and O–H groups in total. The third-order valence-electron chi connectivity index (χ3n) is 4.14. The molecule has 1 amide bonds. The number of aromatic amines is 1. The number of fused-ring (bicyclic) bond motifs is 1. The van der Waals surface area contributed by atoms with Gasteiger partial charge in [-0.1, -0.05) is 31.0 Å². The molecule has 1 aliphatic carbocycles. The van der Waals surface area contributed by atoms with E-state index in [2.05, 4.69) is 25.3 Å². The molecule has 1 atom stereocenters. The second kappa shape index (κ2) is 7.09. The van der Waals surface area contributed by atoms with Gasteiger partial charge in [0.05, 0.1) is 11.6 Å². The summed E-state index contributed by atoms with van der Waals surface area (Å²) in [5.41, 5.74) is 1.42. The largest absolute Gasteiger partial charge is 0.355 e. The maximum Gasteiger partial charge on any atom is 0.233 e. The summed E-state index contributed by atoms with van der Waals surface area (Å²) in [6.45, 7) is 2.71. The van der Waals surface area contributed by atoms with E-state index in [1.54, 1.807) is 6.33 Å². The molecule has 7 heteroatoms. The Labute approximate surface area is 133 Å². The maximum atomic E-state index is 12.3. The lowest BCUT2D eigenvalue weighted by Gasteiger charge is -2.22. The average molecular weight is 319 g/mol. The van der Waals surface area contributed by atoms with Crippen LogP contribution in [0.4, 0.5) is 0 Å². The van der Waals surface area contributed by atoms with Crippen LogP contribution in [0.3, 0.4) is 0 Å². The number of aromatic nitrogens is 4. The molecule has 2 aromatic heterocycles. The molecule has 3 rings (SSSR count). The molecule has 2 heterocycles. The van der Waals surface area contributed by atoms with Gasteiger partial charge in [-0.15, -0.1) is 0 Å². The van der Waals surface area contributed by atoms with Crippen molar-refractivity contribution >= 4 is 28.8 Å². The van der Waals surface area contributed by atoms with Gasteiger partial charge in [0.15, 0.2) is 5.65 Å². The molecule has 0 unspecified atom stereocenters. The number of carbonyl (C=O) groups excluding carboxylic acids is 1. The van der Waals surface area contributed by atoms with Crippen molar-refractivity contribution in [1.29, 1.82) is 0 Å². The molecule has 118 valence electrons. The summed E-state index contributed by atoms with van der Waals surface area (Å²) in [5, 5.41) is 3.66. The van der Waals surface area contributed by atoms with Gasteiger partial charge >= 0.3 is 0 Å². The standard InChI is InChI=1S/C15H21N5OS/c1-10(14(21)16-7-11-5-3-2-4-6-11)22-15-12-13(18-8-17-12)19-9-20-15/h8-11H,2-7H2,1H3,(H,16,21)(H,17,18,19,20)/t10-/m0/s1. The third-order valence-corrected chi connectivity index (χ3v) is 5.24. The molecular weight excluding hydrogens is 298 g/mol. The van der Waals surface area contributed by atoms with Gasteiger partial charge in [0, 0.05) is 6.54 Å². The van der Waals surface area contributed by atoms with Crippen LogP contribution in [0.1, 0.15) is 39.0 Å². The Balaban J connectivity index is 1.55. The first-order valence-corrected chi connectivity index (χ1v) is 8.70.